The number of imidazole rings is 1. The van der Waals surface area contributed by atoms with Crippen LogP contribution in [0.2, 0.25) is 0 Å². The van der Waals surface area contributed by atoms with Crippen LogP contribution in [0.1, 0.15) is 58.6 Å². The highest BCUT2D eigenvalue weighted by molar-refractivity contribution is 6.04. The maximum absolute atomic E-state index is 13.8. The molecule has 0 bridgehead atoms. The van der Waals surface area contributed by atoms with Gasteiger partial charge in [-0.1, -0.05) is 19.1 Å². The highest BCUT2D eigenvalue weighted by Crippen LogP contribution is 2.29. The first-order valence-electron chi connectivity index (χ1n) is 14.2. The van der Waals surface area contributed by atoms with Crippen molar-refractivity contribution in [3.05, 3.63) is 65.0 Å². The number of amides is 2. The van der Waals surface area contributed by atoms with Crippen molar-refractivity contribution in [2.24, 2.45) is 5.92 Å². The summed E-state index contributed by atoms with van der Waals surface area (Å²) in [5, 5.41) is 3.08. The average molecular weight is 547 g/mol. The van der Waals surface area contributed by atoms with Crippen LogP contribution in [0.4, 0.5) is 10.3 Å². The molecule has 1 N–H and O–H groups in total. The number of carbonyl (C=O) groups is 2. The summed E-state index contributed by atoms with van der Waals surface area (Å²) in [4.78, 5) is 39.2. The van der Waals surface area contributed by atoms with Crippen molar-refractivity contribution in [3.8, 4) is 0 Å². The van der Waals surface area contributed by atoms with Gasteiger partial charge in [-0.2, -0.15) is 0 Å². The number of nitrogens with zero attached hydrogens (tertiary/aromatic N) is 5. The molecule has 0 aliphatic carbocycles. The zero-order valence-electron chi connectivity index (χ0n) is 23.8. The van der Waals surface area contributed by atoms with Crippen molar-refractivity contribution >= 4 is 28.8 Å². The lowest BCUT2D eigenvalue weighted by Gasteiger charge is -2.24. The van der Waals surface area contributed by atoms with Crippen LogP contribution in [0.25, 0.3) is 11.0 Å². The SMILES string of the molecule is C=CC(=O)N1CCCC[C@@H](Cn2c(NC(=O)c3cc(C)nc(C)c3)nc3cc(CN4CC[C@H](F)C4)cc(C)c32)C1. The predicted molar refractivity (Wildman–Crippen MR) is 155 cm³/mol. The summed E-state index contributed by atoms with van der Waals surface area (Å²) in [5.74, 6) is 0.411. The molecule has 4 heterocycles. The number of alkyl halides is 1. The van der Waals surface area contributed by atoms with Crippen molar-refractivity contribution in [1.82, 2.24) is 24.3 Å². The van der Waals surface area contributed by atoms with Crippen LogP contribution in [-0.4, -0.2) is 68.5 Å². The number of benzene rings is 1. The lowest BCUT2D eigenvalue weighted by Crippen LogP contribution is -2.34. The maximum atomic E-state index is 13.8. The Balaban J connectivity index is 1.50. The second-order valence-corrected chi connectivity index (χ2v) is 11.4. The Bertz CT molecular complexity index is 1410. The Kier molecular flexibility index (Phi) is 8.30. The molecule has 2 aliphatic heterocycles. The number of aromatic nitrogens is 3. The molecule has 3 aromatic rings. The van der Waals surface area contributed by atoms with Crippen LogP contribution >= 0.6 is 0 Å². The Morgan fingerprint density at radius 3 is 2.52 bits per heavy atom. The normalized spacial score (nSPS) is 20.1. The van der Waals surface area contributed by atoms with Gasteiger partial charge in [-0.05, 0) is 81.4 Å². The summed E-state index contributed by atoms with van der Waals surface area (Å²) < 4.78 is 15.9. The third kappa shape index (κ3) is 6.25. The lowest BCUT2D eigenvalue weighted by atomic mass is 10.0. The molecule has 2 aromatic heterocycles. The monoisotopic (exact) mass is 546 g/mol. The highest BCUT2D eigenvalue weighted by atomic mass is 19.1. The van der Waals surface area contributed by atoms with Crippen LogP contribution < -0.4 is 5.32 Å². The Morgan fingerprint density at radius 2 is 1.82 bits per heavy atom. The number of rotatable bonds is 7. The second kappa shape index (κ2) is 11.9. The largest absolute Gasteiger partial charge is 0.339 e. The lowest BCUT2D eigenvalue weighted by molar-refractivity contribution is -0.126. The number of pyridine rings is 1. The quantitative estimate of drug-likeness (QED) is 0.423. The fourth-order valence-corrected chi connectivity index (χ4v) is 6.21. The van der Waals surface area contributed by atoms with E-state index in [1.54, 1.807) is 12.1 Å². The van der Waals surface area contributed by atoms with Crippen LogP contribution in [0.5, 0.6) is 0 Å². The van der Waals surface area contributed by atoms with Gasteiger partial charge in [0.2, 0.25) is 11.9 Å². The number of fused-ring (bicyclic) bond motifs is 1. The van der Waals surface area contributed by atoms with Gasteiger partial charge in [-0.15, -0.1) is 0 Å². The minimum absolute atomic E-state index is 0.0439. The van der Waals surface area contributed by atoms with Gasteiger partial charge in [0.1, 0.15) is 6.17 Å². The summed E-state index contributed by atoms with van der Waals surface area (Å²) in [6.45, 7) is 13.3. The molecule has 2 saturated heterocycles. The predicted octanol–water partition coefficient (Wildman–Crippen LogP) is 4.97. The van der Waals surface area contributed by atoms with Gasteiger partial charge in [0.15, 0.2) is 0 Å². The molecular weight excluding hydrogens is 507 g/mol. The van der Waals surface area contributed by atoms with E-state index in [1.807, 2.05) is 18.7 Å². The molecule has 1 aromatic carbocycles. The van der Waals surface area contributed by atoms with E-state index in [9.17, 15) is 14.0 Å². The maximum Gasteiger partial charge on any atom is 0.258 e. The van der Waals surface area contributed by atoms with E-state index >= 15 is 0 Å². The number of likely N-dealkylation sites (tertiary alicyclic amines) is 2. The second-order valence-electron chi connectivity index (χ2n) is 11.4. The first-order valence-corrected chi connectivity index (χ1v) is 14.2. The molecule has 2 fully saturated rings. The van der Waals surface area contributed by atoms with E-state index in [1.165, 1.54) is 6.08 Å². The van der Waals surface area contributed by atoms with Crippen LogP contribution in [0, 0.1) is 26.7 Å². The first-order chi connectivity index (χ1) is 19.2. The topological polar surface area (TPSA) is 83.4 Å². The number of halogens is 1. The van der Waals surface area contributed by atoms with Gasteiger partial charge in [0.25, 0.3) is 5.91 Å². The molecule has 8 nitrogen and oxygen atoms in total. The first kappa shape index (κ1) is 28.0. The summed E-state index contributed by atoms with van der Waals surface area (Å²) in [6, 6.07) is 7.75. The molecule has 2 aliphatic rings. The molecule has 0 saturated carbocycles. The summed E-state index contributed by atoms with van der Waals surface area (Å²) in [7, 11) is 0. The number of carbonyl (C=O) groups excluding carboxylic acids is 2. The minimum atomic E-state index is -0.765. The van der Waals surface area contributed by atoms with Crippen LogP contribution in [-0.2, 0) is 17.9 Å². The summed E-state index contributed by atoms with van der Waals surface area (Å²) >= 11 is 0. The van der Waals surface area contributed by atoms with Crippen molar-refractivity contribution in [2.45, 2.75) is 65.7 Å². The van der Waals surface area contributed by atoms with Crippen LogP contribution in [0.3, 0.4) is 0 Å². The van der Waals surface area contributed by atoms with E-state index in [4.69, 9.17) is 4.98 Å². The van der Waals surface area contributed by atoms with Gasteiger partial charge < -0.3 is 9.47 Å². The van der Waals surface area contributed by atoms with Crippen molar-refractivity contribution in [2.75, 3.05) is 31.5 Å². The third-order valence-corrected chi connectivity index (χ3v) is 7.98. The van der Waals surface area contributed by atoms with E-state index in [2.05, 4.69) is 45.4 Å². The van der Waals surface area contributed by atoms with Crippen molar-refractivity contribution in [1.29, 1.82) is 0 Å². The minimum Gasteiger partial charge on any atom is -0.339 e. The summed E-state index contributed by atoms with van der Waals surface area (Å²) in [5.41, 5.74) is 6.00. The van der Waals surface area contributed by atoms with Gasteiger partial charge >= 0.3 is 0 Å². The molecule has 2 atom stereocenters. The summed E-state index contributed by atoms with van der Waals surface area (Å²) in [6.07, 6.45) is 4.17. The molecule has 0 unspecified atom stereocenters. The van der Waals surface area contributed by atoms with Gasteiger partial charge in [0, 0.05) is 56.2 Å². The molecule has 0 spiro atoms. The number of nitrogens with one attached hydrogen (secondary N) is 1. The fraction of sp³-hybridized carbons (Fsp3) is 0.484. The van der Waals surface area contributed by atoms with Crippen molar-refractivity contribution < 1.29 is 14.0 Å². The van der Waals surface area contributed by atoms with E-state index in [0.29, 0.717) is 44.1 Å². The Morgan fingerprint density at radius 1 is 1.05 bits per heavy atom. The number of anilines is 1. The fourth-order valence-electron chi connectivity index (χ4n) is 6.21. The molecule has 5 rings (SSSR count). The van der Waals surface area contributed by atoms with E-state index in [0.717, 1.165) is 65.9 Å². The molecule has 40 heavy (non-hydrogen) atoms. The van der Waals surface area contributed by atoms with Gasteiger partial charge in [-0.3, -0.25) is 24.8 Å². The standard InChI is InChI=1S/C31H39FN6O2/c1-5-28(39)37-10-7-6-8-23(17-37)18-38-29-20(2)12-24(16-36-11-9-26(32)19-36)15-27(29)34-31(38)35-30(40)25-13-21(3)33-22(4)14-25/h5,12-15,23,26H,1,6-11,16-19H2,2-4H3,(H,34,35,40)/t23-,26+/m1/s1. The Labute approximate surface area is 235 Å². The molecule has 212 valence electrons. The van der Waals surface area contributed by atoms with E-state index in [-0.39, 0.29) is 17.7 Å². The number of hydrogen-bond acceptors (Lipinski definition) is 5. The smallest absolute Gasteiger partial charge is 0.258 e. The third-order valence-electron chi connectivity index (χ3n) is 7.98. The zero-order chi connectivity index (χ0) is 28.4. The molecule has 2 amide bonds. The molecule has 9 heteroatoms. The number of aryl methyl sites for hydroxylation is 3. The number of hydrogen-bond donors (Lipinski definition) is 1. The Hall–Kier alpha value is -3.59. The van der Waals surface area contributed by atoms with Crippen LogP contribution in [0.15, 0.2) is 36.9 Å². The zero-order valence-corrected chi connectivity index (χ0v) is 23.8. The molecule has 0 radical (unpaired) electrons. The average Bonchev–Trinajstić information content (AvgIpc) is 3.36. The van der Waals surface area contributed by atoms with Crippen molar-refractivity contribution in [3.63, 3.8) is 0 Å². The van der Waals surface area contributed by atoms with Gasteiger partial charge in [0.05, 0.1) is 11.0 Å². The molecular formula is C31H39FN6O2. The van der Waals surface area contributed by atoms with Gasteiger partial charge in [-0.25, -0.2) is 9.37 Å². The highest BCUT2D eigenvalue weighted by Gasteiger charge is 2.26. The van der Waals surface area contributed by atoms with E-state index < -0.39 is 6.17 Å².